The molecule has 74 valence electrons. The molecule has 1 amide bonds. The molecule has 0 saturated carbocycles. The molecule has 0 aromatic carbocycles. The predicted molar refractivity (Wildman–Crippen MR) is 52.5 cm³/mol. The predicted octanol–water partition coefficient (Wildman–Crippen LogP) is 1.54. The molecule has 2 heterocycles. The fraction of sp³-hybridized carbons (Fsp3) is 0.400. The molecule has 0 unspecified atom stereocenters. The summed E-state index contributed by atoms with van der Waals surface area (Å²) in [5, 5.41) is 2.75. The fourth-order valence-electron chi connectivity index (χ4n) is 1.32. The lowest BCUT2D eigenvalue weighted by Crippen LogP contribution is -2.25. The Labute approximate surface area is 82.3 Å². The van der Waals surface area contributed by atoms with Crippen LogP contribution < -0.4 is 10.1 Å². The van der Waals surface area contributed by atoms with E-state index in [0.29, 0.717) is 11.7 Å². The number of ether oxygens (including phenoxy) is 1. The van der Waals surface area contributed by atoms with Gasteiger partial charge in [0.2, 0.25) is 0 Å². The molecule has 4 nitrogen and oxygen atoms in total. The largest absolute Gasteiger partial charge is 0.480 e. The Morgan fingerprint density at radius 1 is 1.57 bits per heavy atom. The van der Waals surface area contributed by atoms with Crippen LogP contribution in [0.25, 0.3) is 0 Å². The smallest absolute Gasteiger partial charge is 0.262 e. The van der Waals surface area contributed by atoms with Crippen LogP contribution in [-0.2, 0) is 4.79 Å². The Bertz CT molecular complexity index is 374. The Morgan fingerprint density at radius 2 is 2.36 bits per heavy atom. The van der Waals surface area contributed by atoms with E-state index >= 15 is 0 Å². The maximum absolute atomic E-state index is 11.1. The molecule has 0 bridgehead atoms. The van der Waals surface area contributed by atoms with Crippen molar-refractivity contribution in [3.05, 3.63) is 18.0 Å². The second kappa shape index (κ2) is 3.29. The molecule has 1 aromatic rings. The summed E-state index contributed by atoms with van der Waals surface area (Å²) in [4.78, 5) is 15.3. The van der Waals surface area contributed by atoms with Crippen molar-refractivity contribution in [1.82, 2.24) is 4.98 Å². The molecule has 0 saturated heterocycles. The summed E-state index contributed by atoms with van der Waals surface area (Å²) in [5.74, 6) is 0.881. The van der Waals surface area contributed by atoms with Gasteiger partial charge in [0.25, 0.3) is 5.91 Å². The second-order valence-corrected chi connectivity index (χ2v) is 3.60. The van der Waals surface area contributed by atoms with Gasteiger partial charge in [0.15, 0.2) is 12.4 Å². The van der Waals surface area contributed by atoms with Crippen LogP contribution in [0.2, 0.25) is 0 Å². The molecule has 0 atom stereocenters. The first-order valence-corrected chi connectivity index (χ1v) is 4.59. The van der Waals surface area contributed by atoms with Gasteiger partial charge in [0, 0.05) is 5.69 Å². The number of pyridine rings is 1. The van der Waals surface area contributed by atoms with Crippen LogP contribution in [-0.4, -0.2) is 17.5 Å². The molecule has 4 heteroatoms. The summed E-state index contributed by atoms with van der Waals surface area (Å²) in [5.41, 5.74) is 1.68. The lowest BCUT2D eigenvalue weighted by molar-refractivity contribution is -0.118. The van der Waals surface area contributed by atoms with E-state index < -0.39 is 0 Å². The molecule has 1 aliphatic heterocycles. The van der Waals surface area contributed by atoms with Crippen molar-refractivity contribution in [3.8, 4) is 5.75 Å². The third-order valence-corrected chi connectivity index (χ3v) is 2.11. The molecule has 0 fully saturated rings. The highest BCUT2D eigenvalue weighted by atomic mass is 16.5. The van der Waals surface area contributed by atoms with Gasteiger partial charge in [0.05, 0.1) is 11.9 Å². The lowest BCUT2D eigenvalue weighted by atomic mass is 10.1. The normalized spacial score (nSPS) is 14.6. The molecule has 0 spiro atoms. The summed E-state index contributed by atoms with van der Waals surface area (Å²) < 4.78 is 5.20. The number of carbonyl (C=O) groups excluding carboxylic acids is 1. The molecular weight excluding hydrogens is 180 g/mol. The van der Waals surface area contributed by atoms with Crippen LogP contribution in [0.5, 0.6) is 5.75 Å². The third kappa shape index (κ3) is 1.55. The number of fused-ring (bicyclic) bond motifs is 1. The number of nitrogens with one attached hydrogen (secondary N) is 1. The first-order valence-electron chi connectivity index (χ1n) is 4.59. The SMILES string of the molecule is CC(C)c1cc2c(cn1)OCC(=O)N2. The van der Waals surface area contributed by atoms with E-state index in [1.807, 2.05) is 6.07 Å². The van der Waals surface area contributed by atoms with Crippen LogP contribution in [0.4, 0.5) is 5.69 Å². The topological polar surface area (TPSA) is 51.2 Å². The van der Waals surface area contributed by atoms with Gasteiger partial charge in [-0.15, -0.1) is 0 Å². The Morgan fingerprint density at radius 3 is 3.07 bits per heavy atom. The second-order valence-electron chi connectivity index (χ2n) is 3.60. The van der Waals surface area contributed by atoms with Crippen molar-refractivity contribution in [2.45, 2.75) is 19.8 Å². The number of amides is 1. The van der Waals surface area contributed by atoms with Gasteiger partial charge in [-0.1, -0.05) is 13.8 Å². The number of rotatable bonds is 1. The van der Waals surface area contributed by atoms with Crippen molar-refractivity contribution < 1.29 is 9.53 Å². The van der Waals surface area contributed by atoms with E-state index in [4.69, 9.17) is 4.74 Å². The lowest BCUT2D eigenvalue weighted by Gasteiger charge is -2.18. The maximum Gasteiger partial charge on any atom is 0.262 e. The van der Waals surface area contributed by atoms with Gasteiger partial charge in [-0.2, -0.15) is 0 Å². The number of anilines is 1. The zero-order chi connectivity index (χ0) is 10.1. The zero-order valence-electron chi connectivity index (χ0n) is 8.20. The van der Waals surface area contributed by atoms with Crippen molar-refractivity contribution in [1.29, 1.82) is 0 Å². The van der Waals surface area contributed by atoms with E-state index in [2.05, 4.69) is 24.1 Å². The third-order valence-electron chi connectivity index (χ3n) is 2.11. The first-order chi connectivity index (χ1) is 6.66. The maximum atomic E-state index is 11.1. The Kier molecular flexibility index (Phi) is 2.11. The van der Waals surface area contributed by atoms with E-state index in [9.17, 15) is 4.79 Å². The van der Waals surface area contributed by atoms with Gasteiger partial charge in [-0.3, -0.25) is 9.78 Å². The number of carbonyl (C=O) groups is 1. The van der Waals surface area contributed by atoms with Crippen LogP contribution in [0.3, 0.4) is 0 Å². The van der Waals surface area contributed by atoms with E-state index in [-0.39, 0.29) is 12.5 Å². The molecule has 1 N–H and O–H groups in total. The minimum Gasteiger partial charge on any atom is -0.480 e. The quantitative estimate of drug-likeness (QED) is 0.734. The van der Waals surface area contributed by atoms with E-state index in [1.54, 1.807) is 6.20 Å². The first kappa shape index (κ1) is 8.99. The Hall–Kier alpha value is -1.58. The molecule has 0 radical (unpaired) electrons. The van der Waals surface area contributed by atoms with Gasteiger partial charge in [0.1, 0.15) is 0 Å². The summed E-state index contributed by atoms with van der Waals surface area (Å²) in [7, 11) is 0. The van der Waals surface area contributed by atoms with Gasteiger partial charge in [-0.05, 0) is 12.0 Å². The number of hydrogen-bond donors (Lipinski definition) is 1. The summed E-state index contributed by atoms with van der Waals surface area (Å²) in [6.45, 7) is 4.19. The molecule has 1 aliphatic rings. The fourth-order valence-corrected chi connectivity index (χ4v) is 1.32. The minimum absolute atomic E-state index is 0.0791. The van der Waals surface area contributed by atoms with Gasteiger partial charge >= 0.3 is 0 Å². The average Bonchev–Trinajstić information content (AvgIpc) is 2.16. The van der Waals surface area contributed by atoms with Crippen LogP contribution in [0.15, 0.2) is 12.3 Å². The molecule has 1 aromatic heterocycles. The van der Waals surface area contributed by atoms with Crippen molar-refractivity contribution in [3.63, 3.8) is 0 Å². The molecule has 0 aliphatic carbocycles. The van der Waals surface area contributed by atoms with Crippen LogP contribution >= 0.6 is 0 Å². The highest BCUT2D eigenvalue weighted by Crippen LogP contribution is 2.28. The van der Waals surface area contributed by atoms with Crippen molar-refractivity contribution >= 4 is 11.6 Å². The molecule has 2 rings (SSSR count). The highest BCUT2D eigenvalue weighted by molar-refractivity contribution is 5.95. The minimum atomic E-state index is -0.113. The average molecular weight is 192 g/mol. The van der Waals surface area contributed by atoms with Crippen molar-refractivity contribution in [2.75, 3.05) is 11.9 Å². The summed E-state index contributed by atoms with van der Waals surface area (Å²) in [6.07, 6.45) is 1.66. The highest BCUT2D eigenvalue weighted by Gasteiger charge is 2.17. The molecule has 14 heavy (non-hydrogen) atoms. The van der Waals surface area contributed by atoms with Crippen molar-refractivity contribution in [2.24, 2.45) is 0 Å². The number of aromatic nitrogens is 1. The van der Waals surface area contributed by atoms with E-state index in [1.165, 1.54) is 0 Å². The number of hydrogen-bond acceptors (Lipinski definition) is 3. The van der Waals surface area contributed by atoms with E-state index in [0.717, 1.165) is 11.4 Å². The molecular formula is C10H12N2O2. The standard InChI is InChI=1S/C10H12N2O2/c1-6(2)7-3-8-9(4-11-7)14-5-10(13)12-8/h3-4,6H,5H2,1-2H3,(H,12,13). The zero-order valence-corrected chi connectivity index (χ0v) is 8.20. The Balaban J connectivity index is 2.37. The van der Waals surface area contributed by atoms with Gasteiger partial charge in [-0.25, -0.2) is 0 Å². The summed E-state index contributed by atoms with van der Waals surface area (Å²) in [6, 6.07) is 1.86. The summed E-state index contributed by atoms with van der Waals surface area (Å²) >= 11 is 0. The number of nitrogens with zero attached hydrogens (tertiary/aromatic N) is 1. The van der Waals surface area contributed by atoms with Gasteiger partial charge < -0.3 is 10.1 Å². The van der Waals surface area contributed by atoms with Crippen LogP contribution in [0, 0.1) is 0 Å². The van der Waals surface area contributed by atoms with Crippen LogP contribution in [0.1, 0.15) is 25.5 Å². The monoisotopic (exact) mass is 192 g/mol.